The lowest BCUT2D eigenvalue weighted by Crippen LogP contribution is -2.36. The Hall–Kier alpha value is -0.910. The van der Waals surface area contributed by atoms with Crippen LogP contribution >= 0.6 is 0 Å². The van der Waals surface area contributed by atoms with Crippen LogP contribution in [0.3, 0.4) is 0 Å². The maximum absolute atomic E-state index is 12.2. The molecule has 1 aromatic carbocycles. The molecule has 0 heterocycles. The third-order valence-corrected chi connectivity index (χ3v) is 4.35. The second-order valence-electron chi connectivity index (χ2n) is 5.42. The second kappa shape index (κ2) is 5.38. The summed E-state index contributed by atoms with van der Waals surface area (Å²) in [6, 6.07) is 5.33. The Kier molecular flexibility index (Phi) is 4.53. The number of sulfonamides is 1. The van der Waals surface area contributed by atoms with Crippen LogP contribution in [0, 0.1) is 19.3 Å². The van der Waals surface area contributed by atoms with Crippen LogP contribution in [0.15, 0.2) is 23.1 Å². The largest absolute Gasteiger partial charge is 0.396 e. The number of aliphatic hydroxyl groups excluding tert-OH is 1. The summed E-state index contributed by atoms with van der Waals surface area (Å²) in [5, 5.41) is 9.13. The maximum Gasteiger partial charge on any atom is 0.240 e. The summed E-state index contributed by atoms with van der Waals surface area (Å²) in [4.78, 5) is 0.302. The number of benzene rings is 1. The van der Waals surface area contributed by atoms with Crippen LogP contribution in [0.4, 0.5) is 0 Å². The van der Waals surface area contributed by atoms with E-state index in [2.05, 4.69) is 4.72 Å². The van der Waals surface area contributed by atoms with Crippen molar-refractivity contribution >= 4 is 10.0 Å². The molecule has 0 aromatic heterocycles. The molecule has 18 heavy (non-hydrogen) atoms. The highest BCUT2D eigenvalue weighted by Crippen LogP contribution is 2.18. The van der Waals surface area contributed by atoms with Gasteiger partial charge in [0.05, 0.1) is 4.90 Å². The van der Waals surface area contributed by atoms with Gasteiger partial charge in [-0.2, -0.15) is 0 Å². The van der Waals surface area contributed by atoms with Crippen molar-refractivity contribution in [2.75, 3.05) is 13.2 Å². The minimum atomic E-state index is -3.52. The normalized spacial score (nSPS) is 12.7. The van der Waals surface area contributed by atoms with Crippen molar-refractivity contribution in [3.8, 4) is 0 Å². The van der Waals surface area contributed by atoms with Crippen molar-refractivity contribution in [2.45, 2.75) is 32.6 Å². The number of aryl methyl sites for hydroxylation is 2. The number of hydrogen-bond donors (Lipinski definition) is 2. The molecule has 0 atom stereocenters. The fraction of sp³-hybridized carbons (Fsp3) is 0.538. The fourth-order valence-electron chi connectivity index (χ4n) is 1.42. The molecule has 1 rings (SSSR count). The molecule has 5 heteroatoms. The lowest BCUT2D eigenvalue weighted by molar-refractivity contribution is 0.163. The topological polar surface area (TPSA) is 66.4 Å². The summed E-state index contributed by atoms with van der Waals surface area (Å²) in [5.74, 6) is 0. The standard InChI is InChI=1S/C13H21NO3S/c1-10-5-6-11(2)12(7-10)18(16,17)14-8-13(3,4)9-15/h5-7,14-15H,8-9H2,1-4H3. The van der Waals surface area contributed by atoms with Gasteiger partial charge >= 0.3 is 0 Å². The highest BCUT2D eigenvalue weighted by atomic mass is 32.2. The van der Waals surface area contributed by atoms with Gasteiger partial charge in [0.25, 0.3) is 0 Å². The molecule has 0 aliphatic carbocycles. The van der Waals surface area contributed by atoms with Crippen molar-refractivity contribution in [1.82, 2.24) is 4.72 Å². The quantitative estimate of drug-likeness (QED) is 0.855. The molecule has 1 aromatic rings. The van der Waals surface area contributed by atoms with Gasteiger partial charge in [-0.05, 0) is 31.0 Å². The summed E-state index contributed by atoms with van der Waals surface area (Å²) >= 11 is 0. The van der Waals surface area contributed by atoms with Gasteiger partial charge in [-0.25, -0.2) is 13.1 Å². The fourth-order valence-corrected chi connectivity index (χ4v) is 2.99. The van der Waals surface area contributed by atoms with E-state index in [-0.39, 0.29) is 13.2 Å². The molecule has 0 radical (unpaired) electrons. The average molecular weight is 271 g/mol. The lowest BCUT2D eigenvalue weighted by Gasteiger charge is -2.22. The lowest BCUT2D eigenvalue weighted by atomic mass is 9.96. The van der Waals surface area contributed by atoms with Gasteiger partial charge in [0.2, 0.25) is 10.0 Å². The van der Waals surface area contributed by atoms with E-state index in [1.165, 1.54) is 0 Å². The number of rotatable bonds is 5. The predicted octanol–water partition coefficient (Wildman–Crippen LogP) is 1.60. The summed E-state index contributed by atoms with van der Waals surface area (Å²) in [6.45, 7) is 7.38. The van der Waals surface area contributed by atoms with E-state index in [9.17, 15) is 8.42 Å². The van der Waals surface area contributed by atoms with E-state index in [1.54, 1.807) is 32.9 Å². The van der Waals surface area contributed by atoms with Gasteiger partial charge in [-0.3, -0.25) is 0 Å². The molecule has 2 N–H and O–H groups in total. The van der Waals surface area contributed by atoms with Crippen LogP contribution < -0.4 is 4.72 Å². The van der Waals surface area contributed by atoms with E-state index in [0.29, 0.717) is 4.90 Å². The smallest absolute Gasteiger partial charge is 0.240 e. The first kappa shape index (κ1) is 15.1. The Labute approximate surface area is 109 Å². The Morgan fingerprint density at radius 3 is 2.44 bits per heavy atom. The second-order valence-corrected chi connectivity index (χ2v) is 7.15. The van der Waals surface area contributed by atoms with Crippen LogP contribution in [0.2, 0.25) is 0 Å². The van der Waals surface area contributed by atoms with Gasteiger partial charge < -0.3 is 5.11 Å². The van der Waals surface area contributed by atoms with Gasteiger partial charge in [-0.15, -0.1) is 0 Å². The molecule has 0 saturated carbocycles. The zero-order valence-electron chi connectivity index (χ0n) is 11.3. The molecule has 0 spiro atoms. The first-order valence-electron chi connectivity index (χ1n) is 5.86. The molecule has 0 aliphatic heterocycles. The monoisotopic (exact) mass is 271 g/mol. The molecule has 0 amide bonds. The van der Waals surface area contributed by atoms with E-state index >= 15 is 0 Å². The van der Waals surface area contributed by atoms with Crippen molar-refractivity contribution in [1.29, 1.82) is 0 Å². The summed E-state index contributed by atoms with van der Waals surface area (Å²) in [7, 11) is -3.52. The van der Waals surface area contributed by atoms with Crippen molar-refractivity contribution in [3.05, 3.63) is 29.3 Å². The summed E-state index contributed by atoms with van der Waals surface area (Å²) < 4.78 is 26.9. The Balaban J connectivity index is 2.97. The van der Waals surface area contributed by atoms with Crippen LogP contribution in [-0.2, 0) is 10.0 Å². The van der Waals surface area contributed by atoms with Crippen molar-refractivity contribution in [2.24, 2.45) is 5.41 Å². The number of hydrogen-bond acceptors (Lipinski definition) is 3. The first-order chi connectivity index (χ1) is 8.18. The van der Waals surface area contributed by atoms with Gasteiger partial charge in [-0.1, -0.05) is 26.0 Å². The summed E-state index contributed by atoms with van der Waals surface area (Å²) in [5.41, 5.74) is 1.16. The minimum absolute atomic E-state index is 0.0671. The van der Waals surface area contributed by atoms with Crippen molar-refractivity contribution < 1.29 is 13.5 Å². The van der Waals surface area contributed by atoms with Gasteiger partial charge in [0, 0.05) is 18.6 Å². The predicted molar refractivity (Wildman–Crippen MR) is 72.0 cm³/mol. The highest BCUT2D eigenvalue weighted by Gasteiger charge is 2.22. The minimum Gasteiger partial charge on any atom is -0.396 e. The zero-order chi connectivity index (χ0) is 14.0. The molecular weight excluding hydrogens is 250 g/mol. The Bertz CT molecular complexity index is 521. The molecule has 4 nitrogen and oxygen atoms in total. The van der Waals surface area contributed by atoms with Gasteiger partial charge in [0.1, 0.15) is 0 Å². The first-order valence-corrected chi connectivity index (χ1v) is 7.34. The van der Waals surface area contributed by atoms with E-state index < -0.39 is 15.4 Å². The zero-order valence-corrected chi connectivity index (χ0v) is 12.1. The number of aliphatic hydroxyl groups is 1. The maximum atomic E-state index is 12.2. The van der Waals surface area contributed by atoms with Crippen LogP contribution in [0.1, 0.15) is 25.0 Å². The Morgan fingerprint density at radius 2 is 1.89 bits per heavy atom. The van der Waals surface area contributed by atoms with E-state index in [1.807, 2.05) is 13.0 Å². The SMILES string of the molecule is Cc1ccc(C)c(S(=O)(=O)NCC(C)(C)CO)c1. The average Bonchev–Trinajstić information content (AvgIpc) is 2.30. The van der Waals surface area contributed by atoms with Crippen molar-refractivity contribution in [3.63, 3.8) is 0 Å². The van der Waals surface area contributed by atoms with E-state index in [4.69, 9.17) is 5.11 Å². The van der Waals surface area contributed by atoms with Crippen LogP contribution in [-0.4, -0.2) is 26.7 Å². The van der Waals surface area contributed by atoms with Crippen LogP contribution in [0.25, 0.3) is 0 Å². The molecular formula is C13H21NO3S. The molecule has 102 valence electrons. The summed E-state index contributed by atoms with van der Waals surface area (Å²) in [6.07, 6.45) is 0. The molecule has 0 saturated heterocycles. The van der Waals surface area contributed by atoms with Crippen LogP contribution in [0.5, 0.6) is 0 Å². The third kappa shape index (κ3) is 3.80. The highest BCUT2D eigenvalue weighted by molar-refractivity contribution is 7.89. The number of nitrogens with one attached hydrogen (secondary N) is 1. The van der Waals surface area contributed by atoms with Gasteiger partial charge in [0.15, 0.2) is 0 Å². The molecule has 0 unspecified atom stereocenters. The van der Waals surface area contributed by atoms with E-state index in [0.717, 1.165) is 11.1 Å². The molecule has 0 aliphatic rings. The third-order valence-electron chi connectivity index (χ3n) is 2.80. The molecule has 0 bridgehead atoms. The Morgan fingerprint density at radius 1 is 1.28 bits per heavy atom. The molecule has 0 fully saturated rings.